The van der Waals surface area contributed by atoms with Crippen molar-refractivity contribution in [3.05, 3.63) is 34.6 Å². The van der Waals surface area contributed by atoms with E-state index < -0.39 is 0 Å². The number of furan rings is 1. The lowest BCUT2D eigenvalue weighted by Gasteiger charge is -2.20. The summed E-state index contributed by atoms with van der Waals surface area (Å²) in [5.74, 6) is 0.976. The van der Waals surface area contributed by atoms with Crippen LogP contribution in [0.5, 0.6) is 0 Å². The van der Waals surface area contributed by atoms with E-state index in [1.807, 2.05) is 0 Å². The Balaban J connectivity index is 2.76. The van der Waals surface area contributed by atoms with E-state index in [0.29, 0.717) is 11.7 Å². The largest absolute Gasteiger partial charge is 0.445 e. The van der Waals surface area contributed by atoms with Crippen LogP contribution in [0, 0.1) is 24.2 Å². The van der Waals surface area contributed by atoms with Crippen molar-refractivity contribution in [1.82, 2.24) is 0 Å². The molecule has 0 spiro atoms. The van der Waals surface area contributed by atoms with Crippen molar-refractivity contribution in [3.63, 3.8) is 0 Å². The van der Waals surface area contributed by atoms with Gasteiger partial charge < -0.3 is 4.42 Å². The van der Waals surface area contributed by atoms with Crippen LogP contribution in [0.25, 0.3) is 11.0 Å². The Hall–Kier alpha value is -1.75. The number of rotatable bonds is 2. The summed E-state index contributed by atoms with van der Waals surface area (Å²) in [6, 6.07) is 6.58. The first-order valence-electron chi connectivity index (χ1n) is 7.20. The molecule has 0 N–H and O–H groups in total. The van der Waals surface area contributed by atoms with E-state index in [2.05, 4.69) is 59.7 Å². The van der Waals surface area contributed by atoms with Gasteiger partial charge in [-0.15, -0.1) is 0 Å². The summed E-state index contributed by atoms with van der Waals surface area (Å²) >= 11 is 0. The molecule has 0 amide bonds. The van der Waals surface area contributed by atoms with E-state index in [1.165, 1.54) is 5.56 Å². The van der Waals surface area contributed by atoms with Gasteiger partial charge in [0, 0.05) is 10.9 Å². The molecule has 0 saturated carbocycles. The minimum Gasteiger partial charge on any atom is -0.445 e. The zero-order valence-corrected chi connectivity index (χ0v) is 13.3. The molecule has 0 saturated heterocycles. The van der Waals surface area contributed by atoms with E-state index in [1.54, 1.807) is 0 Å². The predicted molar refractivity (Wildman–Crippen MR) is 82.9 cm³/mol. The number of hydrogen-bond acceptors (Lipinski definition) is 2. The highest BCUT2D eigenvalue weighted by atomic mass is 16.3. The van der Waals surface area contributed by atoms with E-state index in [0.717, 1.165) is 28.5 Å². The van der Waals surface area contributed by atoms with Gasteiger partial charge in [-0.1, -0.05) is 40.7 Å². The minimum atomic E-state index is 0.0954. The van der Waals surface area contributed by atoms with E-state index >= 15 is 0 Å². The second kappa shape index (κ2) is 4.98. The molecule has 20 heavy (non-hydrogen) atoms. The van der Waals surface area contributed by atoms with Gasteiger partial charge in [0.25, 0.3) is 0 Å². The Morgan fingerprint density at radius 2 is 1.90 bits per heavy atom. The molecule has 1 aromatic carbocycles. The summed E-state index contributed by atoms with van der Waals surface area (Å²) < 4.78 is 5.79. The summed E-state index contributed by atoms with van der Waals surface area (Å²) in [5, 5.41) is 10.4. The van der Waals surface area contributed by atoms with E-state index in [-0.39, 0.29) is 5.41 Å². The SMILES string of the molecule is Cc1cc(C(C)(C)C)cc2c(CC(C)C)c(C#N)oc12. The van der Waals surface area contributed by atoms with Crippen molar-refractivity contribution in [2.75, 3.05) is 0 Å². The zero-order chi connectivity index (χ0) is 15.1. The highest BCUT2D eigenvalue weighted by Gasteiger charge is 2.21. The summed E-state index contributed by atoms with van der Waals surface area (Å²) in [5.41, 5.74) is 4.42. The van der Waals surface area contributed by atoms with Crippen molar-refractivity contribution in [2.45, 2.75) is 53.4 Å². The molecule has 0 aliphatic carbocycles. The van der Waals surface area contributed by atoms with Gasteiger partial charge in [-0.2, -0.15) is 5.26 Å². The summed E-state index contributed by atoms with van der Waals surface area (Å²) in [6.07, 6.45) is 0.878. The normalized spacial score (nSPS) is 12.1. The third-order valence-corrected chi connectivity index (χ3v) is 3.66. The van der Waals surface area contributed by atoms with Gasteiger partial charge in [0.05, 0.1) is 0 Å². The van der Waals surface area contributed by atoms with Gasteiger partial charge in [0.15, 0.2) is 0 Å². The molecule has 1 aromatic heterocycles. The molecule has 1 heterocycles. The number of nitriles is 1. The Labute approximate surface area is 121 Å². The smallest absolute Gasteiger partial charge is 0.207 e. The number of benzene rings is 1. The monoisotopic (exact) mass is 269 g/mol. The zero-order valence-electron chi connectivity index (χ0n) is 13.3. The molecule has 0 unspecified atom stereocenters. The lowest BCUT2D eigenvalue weighted by molar-refractivity contribution is 0.575. The Morgan fingerprint density at radius 3 is 2.40 bits per heavy atom. The molecule has 2 nitrogen and oxygen atoms in total. The summed E-state index contributed by atoms with van der Waals surface area (Å²) in [4.78, 5) is 0. The maximum atomic E-state index is 9.31. The minimum absolute atomic E-state index is 0.0954. The number of aryl methyl sites for hydroxylation is 1. The average molecular weight is 269 g/mol. The summed E-state index contributed by atoms with van der Waals surface area (Å²) in [7, 11) is 0. The highest BCUT2D eigenvalue weighted by Crippen LogP contribution is 2.34. The maximum Gasteiger partial charge on any atom is 0.207 e. The molecule has 0 aliphatic rings. The second-order valence-corrected chi connectivity index (χ2v) is 7.04. The Bertz CT molecular complexity index is 678. The molecule has 106 valence electrons. The van der Waals surface area contributed by atoms with Crippen LogP contribution in [0.1, 0.15) is 57.1 Å². The second-order valence-electron chi connectivity index (χ2n) is 7.04. The molecular formula is C18H23NO. The Morgan fingerprint density at radius 1 is 1.25 bits per heavy atom. The highest BCUT2D eigenvalue weighted by molar-refractivity contribution is 5.86. The van der Waals surface area contributed by atoms with Crippen LogP contribution in [0.2, 0.25) is 0 Å². The standard InChI is InChI=1S/C18H23NO/c1-11(2)7-14-15-9-13(18(4,5)6)8-12(3)17(15)20-16(14)10-19/h8-9,11H,7H2,1-6H3. The molecule has 2 rings (SSSR count). The van der Waals surface area contributed by atoms with Crippen molar-refractivity contribution in [2.24, 2.45) is 5.92 Å². The number of fused-ring (bicyclic) bond motifs is 1. The van der Waals surface area contributed by atoms with Gasteiger partial charge in [0.1, 0.15) is 11.7 Å². The molecule has 0 bridgehead atoms. The molecular weight excluding hydrogens is 246 g/mol. The van der Waals surface area contributed by atoms with Crippen LogP contribution in [-0.2, 0) is 11.8 Å². The van der Waals surface area contributed by atoms with Crippen molar-refractivity contribution in [3.8, 4) is 6.07 Å². The number of nitrogens with zero attached hydrogens (tertiary/aromatic N) is 1. The van der Waals surface area contributed by atoms with Crippen molar-refractivity contribution >= 4 is 11.0 Å². The van der Waals surface area contributed by atoms with Crippen LogP contribution in [0.4, 0.5) is 0 Å². The first-order chi connectivity index (χ1) is 9.24. The van der Waals surface area contributed by atoms with Crippen LogP contribution in [-0.4, -0.2) is 0 Å². The predicted octanol–water partition coefficient (Wildman–Crippen LogP) is 5.11. The molecule has 0 fully saturated rings. The first-order valence-corrected chi connectivity index (χ1v) is 7.20. The average Bonchev–Trinajstić information content (AvgIpc) is 2.66. The van der Waals surface area contributed by atoms with Gasteiger partial charge in [-0.05, 0) is 41.9 Å². The molecule has 0 radical (unpaired) electrons. The maximum absolute atomic E-state index is 9.31. The van der Waals surface area contributed by atoms with Crippen LogP contribution < -0.4 is 0 Å². The van der Waals surface area contributed by atoms with Crippen LogP contribution in [0.3, 0.4) is 0 Å². The topological polar surface area (TPSA) is 36.9 Å². The van der Waals surface area contributed by atoms with Crippen LogP contribution >= 0.6 is 0 Å². The molecule has 2 aromatic rings. The van der Waals surface area contributed by atoms with Gasteiger partial charge in [0.2, 0.25) is 5.76 Å². The third-order valence-electron chi connectivity index (χ3n) is 3.66. The lowest BCUT2D eigenvalue weighted by Crippen LogP contribution is -2.11. The van der Waals surface area contributed by atoms with Gasteiger partial charge in [-0.3, -0.25) is 0 Å². The van der Waals surface area contributed by atoms with Gasteiger partial charge in [-0.25, -0.2) is 0 Å². The van der Waals surface area contributed by atoms with Crippen LogP contribution in [0.15, 0.2) is 16.5 Å². The van der Waals surface area contributed by atoms with Gasteiger partial charge >= 0.3 is 0 Å². The number of hydrogen-bond donors (Lipinski definition) is 0. The molecule has 0 aliphatic heterocycles. The Kier molecular flexibility index (Phi) is 3.65. The van der Waals surface area contributed by atoms with E-state index in [4.69, 9.17) is 4.42 Å². The summed E-state index contributed by atoms with van der Waals surface area (Å²) in [6.45, 7) is 13.0. The quantitative estimate of drug-likeness (QED) is 0.759. The fraction of sp³-hybridized carbons (Fsp3) is 0.500. The van der Waals surface area contributed by atoms with E-state index in [9.17, 15) is 5.26 Å². The fourth-order valence-corrected chi connectivity index (χ4v) is 2.55. The molecule has 2 heteroatoms. The van der Waals surface area contributed by atoms with Crippen molar-refractivity contribution in [1.29, 1.82) is 5.26 Å². The third kappa shape index (κ3) is 2.58. The fourth-order valence-electron chi connectivity index (χ4n) is 2.55. The molecule has 0 atom stereocenters. The van der Waals surface area contributed by atoms with Crippen molar-refractivity contribution < 1.29 is 4.42 Å². The first kappa shape index (κ1) is 14.7. The lowest BCUT2D eigenvalue weighted by atomic mass is 9.84.